The molecule has 1 aromatic heterocycles. The number of carbonyl (C=O) groups excluding carboxylic acids is 1. The molecular formula is C19H20N2O4. The first-order valence-corrected chi connectivity index (χ1v) is 7.87. The molecule has 0 fully saturated rings. The second-order valence-corrected chi connectivity index (χ2v) is 6.18. The van der Waals surface area contributed by atoms with Crippen LogP contribution < -0.4 is 10.3 Å². The van der Waals surface area contributed by atoms with Crippen LogP contribution in [0, 0.1) is 24.2 Å². The van der Waals surface area contributed by atoms with Gasteiger partial charge < -0.3 is 9.84 Å². The van der Waals surface area contributed by atoms with Crippen LogP contribution in [0.15, 0.2) is 29.1 Å². The average molecular weight is 340 g/mol. The number of methoxy groups -OCH3 is 1. The van der Waals surface area contributed by atoms with Gasteiger partial charge in [-0.15, -0.1) is 0 Å². The second-order valence-electron chi connectivity index (χ2n) is 6.18. The first-order valence-electron chi connectivity index (χ1n) is 7.87. The highest BCUT2D eigenvalue weighted by atomic mass is 16.5. The molecule has 2 aromatic rings. The van der Waals surface area contributed by atoms with Gasteiger partial charge in [-0.1, -0.05) is 26.0 Å². The third-order valence-corrected chi connectivity index (χ3v) is 3.91. The molecule has 0 saturated heterocycles. The number of aromatic hydroxyl groups is 1. The summed E-state index contributed by atoms with van der Waals surface area (Å²) in [6.07, 6.45) is 0. The van der Waals surface area contributed by atoms with E-state index in [1.807, 2.05) is 19.9 Å². The first-order chi connectivity index (χ1) is 11.8. The highest BCUT2D eigenvalue weighted by molar-refractivity contribution is 6.11. The van der Waals surface area contributed by atoms with Crippen molar-refractivity contribution in [1.82, 2.24) is 4.57 Å². The quantitative estimate of drug-likeness (QED) is 0.845. The lowest BCUT2D eigenvalue weighted by atomic mass is 9.97. The standard InChI is InChI=1S/C19H20N2O4/c1-11(2)10-21-18(23)15(9-20)12(3)16(19(21)24)17(22)13-6-5-7-14(8-13)25-4/h5-8,11,24H,10H2,1-4H3. The van der Waals surface area contributed by atoms with E-state index in [0.717, 1.165) is 4.57 Å². The number of hydrogen-bond donors (Lipinski definition) is 1. The minimum absolute atomic E-state index is 0.0370. The average Bonchev–Trinajstić information content (AvgIpc) is 2.59. The van der Waals surface area contributed by atoms with Crippen molar-refractivity contribution in [2.75, 3.05) is 7.11 Å². The number of nitriles is 1. The van der Waals surface area contributed by atoms with Crippen LogP contribution >= 0.6 is 0 Å². The van der Waals surface area contributed by atoms with E-state index in [1.165, 1.54) is 14.0 Å². The van der Waals surface area contributed by atoms with E-state index in [1.54, 1.807) is 24.3 Å². The molecule has 0 spiro atoms. The van der Waals surface area contributed by atoms with E-state index in [-0.39, 0.29) is 29.2 Å². The van der Waals surface area contributed by atoms with Gasteiger partial charge >= 0.3 is 0 Å². The summed E-state index contributed by atoms with van der Waals surface area (Å²) in [5.74, 6) is -0.331. The summed E-state index contributed by atoms with van der Waals surface area (Å²) in [7, 11) is 1.49. The Morgan fingerprint density at radius 1 is 1.40 bits per heavy atom. The van der Waals surface area contributed by atoms with Crippen LogP contribution in [0.3, 0.4) is 0 Å². The summed E-state index contributed by atoms with van der Waals surface area (Å²) in [5.41, 5.74) is -0.280. The predicted molar refractivity (Wildman–Crippen MR) is 93.1 cm³/mol. The zero-order valence-corrected chi connectivity index (χ0v) is 14.7. The predicted octanol–water partition coefficient (Wildman–Crippen LogP) is 2.63. The smallest absolute Gasteiger partial charge is 0.271 e. The monoisotopic (exact) mass is 340 g/mol. The Hall–Kier alpha value is -3.07. The number of pyridine rings is 1. The minimum atomic E-state index is -0.589. The molecule has 1 heterocycles. The lowest BCUT2D eigenvalue weighted by Crippen LogP contribution is -2.28. The molecule has 25 heavy (non-hydrogen) atoms. The van der Waals surface area contributed by atoms with Crippen molar-refractivity contribution in [3.05, 3.63) is 56.9 Å². The molecule has 0 aliphatic rings. The fourth-order valence-electron chi connectivity index (χ4n) is 2.67. The largest absolute Gasteiger partial charge is 0.497 e. The third-order valence-electron chi connectivity index (χ3n) is 3.91. The summed E-state index contributed by atoms with van der Waals surface area (Å²) in [4.78, 5) is 25.4. The number of ether oxygens (including phenoxy) is 1. The Balaban J connectivity index is 2.73. The van der Waals surface area contributed by atoms with Crippen molar-refractivity contribution in [3.63, 3.8) is 0 Å². The molecule has 2 rings (SSSR count). The molecular weight excluding hydrogens is 320 g/mol. The van der Waals surface area contributed by atoms with Crippen LogP contribution in [0.4, 0.5) is 0 Å². The van der Waals surface area contributed by atoms with Gasteiger partial charge in [0.15, 0.2) is 5.78 Å². The lowest BCUT2D eigenvalue weighted by Gasteiger charge is -2.17. The summed E-state index contributed by atoms with van der Waals surface area (Å²) < 4.78 is 6.21. The maximum Gasteiger partial charge on any atom is 0.271 e. The fourth-order valence-corrected chi connectivity index (χ4v) is 2.67. The molecule has 0 bridgehead atoms. The van der Waals surface area contributed by atoms with E-state index in [0.29, 0.717) is 11.3 Å². The molecule has 0 aliphatic carbocycles. The van der Waals surface area contributed by atoms with E-state index < -0.39 is 17.2 Å². The Bertz CT molecular complexity index is 920. The van der Waals surface area contributed by atoms with E-state index in [2.05, 4.69) is 0 Å². The van der Waals surface area contributed by atoms with Crippen molar-refractivity contribution in [1.29, 1.82) is 5.26 Å². The Labute approximate surface area is 145 Å². The van der Waals surface area contributed by atoms with Gasteiger partial charge in [0, 0.05) is 12.1 Å². The van der Waals surface area contributed by atoms with Gasteiger partial charge in [0.05, 0.1) is 12.7 Å². The van der Waals surface area contributed by atoms with Crippen LogP contribution in [0.1, 0.15) is 40.9 Å². The number of hydrogen-bond acceptors (Lipinski definition) is 5. The highest BCUT2D eigenvalue weighted by Gasteiger charge is 2.25. The molecule has 0 aliphatic heterocycles. The van der Waals surface area contributed by atoms with Gasteiger partial charge in [0.25, 0.3) is 5.56 Å². The molecule has 0 saturated carbocycles. The van der Waals surface area contributed by atoms with Crippen LogP contribution in [0.5, 0.6) is 11.6 Å². The summed E-state index contributed by atoms with van der Waals surface area (Å²) in [6, 6.07) is 8.35. The van der Waals surface area contributed by atoms with Gasteiger partial charge in [-0.25, -0.2) is 0 Å². The van der Waals surface area contributed by atoms with Gasteiger partial charge in [-0.3, -0.25) is 14.2 Å². The third kappa shape index (κ3) is 3.41. The van der Waals surface area contributed by atoms with Crippen molar-refractivity contribution in [2.24, 2.45) is 5.92 Å². The first kappa shape index (κ1) is 18.3. The molecule has 6 heteroatoms. The van der Waals surface area contributed by atoms with Crippen molar-refractivity contribution in [2.45, 2.75) is 27.3 Å². The van der Waals surface area contributed by atoms with Gasteiger partial charge in [0.2, 0.25) is 5.88 Å². The number of benzene rings is 1. The number of carbonyl (C=O) groups is 1. The minimum Gasteiger partial charge on any atom is -0.497 e. The Kier molecular flexibility index (Phi) is 5.28. The van der Waals surface area contributed by atoms with Crippen LogP contribution in [-0.4, -0.2) is 22.6 Å². The molecule has 0 radical (unpaired) electrons. The van der Waals surface area contributed by atoms with Crippen molar-refractivity contribution < 1.29 is 14.6 Å². The number of ketones is 1. The molecule has 1 aromatic carbocycles. The van der Waals surface area contributed by atoms with E-state index >= 15 is 0 Å². The molecule has 6 nitrogen and oxygen atoms in total. The number of nitrogens with zero attached hydrogens (tertiary/aromatic N) is 2. The van der Waals surface area contributed by atoms with Gasteiger partial charge in [0.1, 0.15) is 17.4 Å². The summed E-state index contributed by atoms with van der Waals surface area (Å²) in [6.45, 7) is 5.45. The number of rotatable bonds is 5. The normalized spacial score (nSPS) is 10.6. The van der Waals surface area contributed by atoms with E-state index in [4.69, 9.17) is 4.74 Å². The van der Waals surface area contributed by atoms with E-state index in [9.17, 15) is 20.0 Å². The molecule has 130 valence electrons. The van der Waals surface area contributed by atoms with Gasteiger partial charge in [-0.2, -0.15) is 5.26 Å². The fraction of sp³-hybridized carbons (Fsp3) is 0.316. The Morgan fingerprint density at radius 3 is 2.64 bits per heavy atom. The lowest BCUT2D eigenvalue weighted by molar-refractivity contribution is 0.103. The number of aromatic nitrogens is 1. The second kappa shape index (κ2) is 7.22. The zero-order valence-electron chi connectivity index (χ0n) is 14.7. The van der Waals surface area contributed by atoms with Crippen LogP contribution in [0.2, 0.25) is 0 Å². The van der Waals surface area contributed by atoms with Crippen molar-refractivity contribution >= 4 is 5.78 Å². The maximum atomic E-state index is 12.9. The summed E-state index contributed by atoms with van der Waals surface area (Å²) in [5, 5.41) is 19.9. The molecule has 1 N–H and O–H groups in total. The Morgan fingerprint density at radius 2 is 2.08 bits per heavy atom. The highest BCUT2D eigenvalue weighted by Crippen LogP contribution is 2.26. The SMILES string of the molecule is COc1cccc(C(=O)c2c(C)c(C#N)c(=O)n(CC(C)C)c2O)c1. The van der Waals surface area contributed by atoms with Crippen LogP contribution in [0.25, 0.3) is 0 Å². The molecule has 0 atom stereocenters. The molecule has 0 unspecified atom stereocenters. The summed E-state index contributed by atoms with van der Waals surface area (Å²) >= 11 is 0. The topological polar surface area (TPSA) is 92.3 Å². The maximum absolute atomic E-state index is 12.9. The van der Waals surface area contributed by atoms with Crippen LogP contribution in [-0.2, 0) is 6.54 Å². The van der Waals surface area contributed by atoms with Crippen molar-refractivity contribution in [3.8, 4) is 17.7 Å². The van der Waals surface area contributed by atoms with Gasteiger partial charge in [-0.05, 0) is 30.5 Å². The zero-order chi connectivity index (χ0) is 18.7. The molecule has 0 amide bonds.